The number of carbonyl (C=O) groups is 4. The number of imide groups is 1. The topological polar surface area (TPSA) is 131 Å². The van der Waals surface area contributed by atoms with E-state index in [4.69, 9.17) is 14.2 Å². The van der Waals surface area contributed by atoms with Crippen LogP contribution in [0, 0.1) is 3.57 Å². The van der Waals surface area contributed by atoms with E-state index in [1.807, 2.05) is 6.92 Å². The molecule has 3 aromatic rings. The smallest absolute Gasteiger partial charge is 0.335 e. The minimum Gasteiger partial charge on any atom is -0.497 e. The Morgan fingerprint density at radius 2 is 1.83 bits per heavy atom. The van der Waals surface area contributed by atoms with Crippen molar-refractivity contribution in [2.45, 2.75) is 13.5 Å². The summed E-state index contributed by atoms with van der Waals surface area (Å²) in [5.41, 5.74) is 1.95. The summed E-state index contributed by atoms with van der Waals surface area (Å²) in [6.45, 7) is 1.87. The molecule has 41 heavy (non-hydrogen) atoms. The van der Waals surface area contributed by atoms with Crippen molar-refractivity contribution in [1.82, 2.24) is 4.90 Å². The second-order valence-electron chi connectivity index (χ2n) is 8.60. The van der Waals surface area contributed by atoms with Gasteiger partial charge in [-0.15, -0.1) is 0 Å². The molecule has 3 aromatic carbocycles. The van der Waals surface area contributed by atoms with Crippen LogP contribution in [0.15, 0.2) is 65.6 Å². The standard InChI is InChI=1S/C29H25IN2O8S/c1-3-39-23-13-18(12-22(30)26(23)40-16-17-5-4-6-19(11-17)28(35)36)14-24-27(34)32(29(37)41-24)15-25(33)31-20-7-9-21(38-2)10-8-20/h4-14H,3,15-16H2,1-2H3,(H,31,33)(H,35,36)/b24-14+. The molecule has 0 radical (unpaired) electrons. The van der Waals surface area contributed by atoms with Crippen LogP contribution in [0.5, 0.6) is 17.2 Å². The number of hydrogen-bond donors (Lipinski definition) is 2. The van der Waals surface area contributed by atoms with Crippen LogP contribution < -0.4 is 19.5 Å². The van der Waals surface area contributed by atoms with Crippen molar-refractivity contribution < 1.29 is 38.5 Å². The number of carbonyl (C=O) groups excluding carboxylic acids is 3. The zero-order valence-electron chi connectivity index (χ0n) is 22.0. The molecule has 1 saturated heterocycles. The summed E-state index contributed by atoms with van der Waals surface area (Å²) in [6, 6.07) is 16.6. The molecule has 0 bridgehead atoms. The van der Waals surface area contributed by atoms with E-state index in [9.17, 15) is 24.3 Å². The Balaban J connectivity index is 1.47. The van der Waals surface area contributed by atoms with Gasteiger partial charge in [0.15, 0.2) is 11.5 Å². The molecule has 1 fully saturated rings. The van der Waals surface area contributed by atoms with Crippen molar-refractivity contribution in [3.8, 4) is 17.2 Å². The number of methoxy groups -OCH3 is 1. The number of nitrogens with zero attached hydrogens (tertiary/aromatic N) is 1. The van der Waals surface area contributed by atoms with Crippen molar-refractivity contribution in [2.75, 3.05) is 25.6 Å². The summed E-state index contributed by atoms with van der Waals surface area (Å²) in [4.78, 5) is 50.4. The molecule has 1 aliphatic heterocycles. The monoisotopic (exact) mass is 688 g/mol. The molecule has 0 aliphatic carbocycles. The van der Waals surface area contributed by atoms with Gasteiger partial charge in [-0.3, -0.25) is 19.3 Å². The van der Waals surface area contributed by atoms with Crippen molar-refractivity contribution in [1.29, 1.82) is 0 Å². The fraction of sp³-hybridized carbons (Fsp3) is 0.172. The predicted molar refractivity (Wildman–Crippen MR) is 162 cm³/mol. The maximum absolute atomic E-state index is 13.0. The third kappa shape index (κ3) is 7.58. The lowest BCUT2D eigenvalue weighted by molar-refractivity contribution is -0.127. The molecule has 1 aliphatic rings. The Kier molecular flexibility index (Phi) is 9.89. The van der Waals surface area contributed by atoms with Crippen LogP contribution in [0.2, 0.25) is 0 Å². The van der Waals surface area contributed by atoms with Gasteiger partial charge in [-0.1, -0.05) is 12.1 Å². The van der Waals surface area contributed by atoms with Crippen LogP contribution in [-0.4, -0.2) is 53.3 Å². The molecule has 0 spiro atoms. The minimum atomic E-state index is -1.02. The highest BCUT2D eigenvalue weighted by Gasteiger charge is 2.36. The summed E-state index contributed by atoms with van der Waals surface area (Å²) in [5, 5.41) is 11.3. The van der Waals surface area contributed by atoms with Crippen LogP contribution >= 0.6 is 34.4 Å². The second-order valence-corrected chi connectivity index (χ2v) is 10.8. The van der Waals surface area contributed by atoms with Gasteiger partial charge in [0, 0.05) is 5.69 Å². The average molecular weight is 688 g/mol. The number of aromatic carboxylic acids is 1. The number of amides is 3. The van der Waals surface area contributed by atoms with Crippen LogP contribution in [0.3, 0.4) is 0 Å². The minimum absolute atomic E-state index is 0.119. The number of ether oxygens (including phenoxy) is 3. The third-order valence-electron chi connectivity index (χ3n) is 5.74. The first kappa shape index (κ1) is 29.9. The van der Waals surface area contributed by atoms with Crippen LogP contribution in [0.1, 0.15) is 28.4 Å². The number of halogens is 1. The molecule has 212 valence electrons. The number of hydrogen-bond acceptors (Lipinski definition) is 8. The molecule has 12 heteroatoms. The largest absolute Gasteiger partial charge is 0.497 e. The first-order chi connectivity index (χ1) is 19.7. The SMILES string of the molecule is CCOc1cc(/C=C2/SC(=O)N(CC(=O)Nc3ccc(OC)cc3)C2=O)cc(I)c1OCc1cccc(C(=O)O)c1. The Morgan fingerprint density at radius 3 is 2.51 bits per heavy atom. The summed E-state index contributed by atoms with van der Waals surface area (Å²) >= 11 is 2.83. The summed E-state index contributed by atoms with van der Waals surface area (Å²) in [6.07, 6.45) is 1.57. The van der Waals surface area contributed by atoms with E-state index in [-0.39, 0.29) is 17.1 Å². The van der Waals surface area contributed by atoms with E-state index >= 15 is 0 Å². The molecule has 10 nitrogen and oxygen atoms in total. The van der Waals surface area contributed by atoms with Crippen molar-refractivity contribution in [3.05, 3.63) is 85.8 Å². The summed E-state index contributed by atoms with van der Waals surface area (Å²) in [5.74, 6) is -0.583. The van der Waals surface area contributed by atoms with E-state index in [1.165, 1.54) is 19.2 Å². The Labute approximate surface area is 253 Å². The number of anilines is 1. The highest BCUT2D eigenvalue weighted by atomic mass is 127. The van der Waals surface area contributed by atoms with Crippen molar-refractivity contribution >= 4 is 69.1 Å². The molecule has 0 unspecified atom stereocenters. The maximum Gasteiger partial charge on any atom is 0.335 e. The lowest BCUT2D eigenvalue weighted by Crippen LogP contribution is -2.36. The number of benzene rings is 3. The highest BCUT2D eigenvalue weighted by molar-refractivity contribution is 14.1. The molecule has 1 heterocycles. The van der Waals surface area contributed by atoms with Gasteiger partial charge in [0.25, 0.3) is 11.1 Å². The Morgan fingerprint density at radius 1 is 1.07 bits per heavy atom. The Hall–Kier alpha value is -4.04. The number of nitrogens with one attached hydrogen (secondary N) is 1. The third-order valence-corrected chi connectivity index (χ3v) is 7.44. The van der Waals surface area contributed by atoms with Gasteiger partial charge in [0.05, 0.1) is 27.8 Å². The number of thioether (sulfide) groups is 1. The van der Waals surface area contributed by atoms with E-state index in [1.54, 1.807) is 54.6 Å². The van der Waals surface area contributed by atoms with E-state index in [2.05, 4.69) is 27.9 Å². The van der Waals surface area contributed by atoms with Crippen LogP contribution in [0.4, 0.5) is 10.5 Å². The molecule has 2 N–H and O–H groups in total. The first-order valence-corrected chi connectivity index (χ1v) is 14.2. The maximum atomic E-state index is 13.0. The van der Waals surface area contributed by atoms with Gasteiger partial charge in [0.1, 0.15) is 18.9 Å². The van der Waals surface area contributed by atoms with Gasteiger partial charge in [0.2, 0.25) is 5.91 Å². The predicted octanol–water partition coefficient (Wildman–Crippen LogP) is 5.65. The zero-order valence-corrected chi connectivity index (χ0v) is 25.0. The number of carboxylic acids is 1. The lowest BCUT2D eigenvalue weighted by atomic mass is 10.1. The molecule has 0 saturated carbocycles. The second kappa shape index (κ2) is 13.5. The fourth-order valence-corrected chi connectivity index (χ4v) is 5.45. The van der Waals surface area contributed by atoms with E-state index in [0.29, 0.717) is 44.2 Å². The summed E-state index contributed by atoms with van der Waals surface area (Å²) in [7, 11) is 1.53. The molecule has 0 aromatic heterocycles. The highest BCUT2D eigenvalue weighted by Crippen LogP contribution is 2.38. The van der Waals surface area contributed by atoms with Crippen molar-refractivity contribution in [3.63, 3.8) is 0 Å². The van der Waals surface area contributed by atoms with Gasteiger partial charge in [-0.25, -0.2) is 4.79 Å². The zero-order chi connectivity index (χ0) is 29.5. The van der Waals surface area contributed by atoms with E-state index in [0.717, 1.165) is 16.7 Å². The molecule has 0 atom stereocenters. The fourth-order valence-electron chi connectivity index (χ4n) is 3.83. The van der Waals surface area contributed by atoms with Gasteiger partial charge in [-0.05, 0) is 107 Å². The number of rotatable bonds is 11. The van der Waals surface area contributed by atoms with Crippen molar-refractivity contribution in [2.24, 2.45) is 0 Å². The normalized spacial score (nSPS) is 13.8. The molecular formula is C29H25IN2O8S. The first-order valence-electron chi connectivity index (χ1n) is 12.3. The molecule has 4 rings (SSSR count). The molecular weight excluding hydrogens is 663 g/mol. The average Bonchev–Trinajstić information content (AvgIpc) is 3.20. The summed E-state index contributed by atoms with van der Waals surface area (Å²) < 4.78 is 17.6. The lowest BCUT2D eigenvalue weighted by Gasteiger charge is -2.15. The van der Waals surface area contributed by atoms with E-state index < -0.39 is 29.6 Å². The van der Waals surface area contributed by atoms with Gasteiger partial charge >= 0.3 is 5.97 Å². The van der Waals surface area contributed by atoms with Crippen LogP contribution in [0.25, 0.3) is 6.08 Å². The van der Waals surface area contributed by atoms with Crippen LogP contribution in [-0.2, 0) is 16.2 Å². The van der Waals surface area contributed by atoms with Gasteiger partial charge in [-0.2, -0.15) is 0 Å². The molecule has 3 amide bonds. The number of carboxylic acid groups (broad SMARTS) is 1. The quantitative estimate of drug-likeness (QED) is 0.194. The van der Waals surface area contributed by atoms with Gasteiger partial charge < -0.3 is 24.6 Å². The Bertz CT molecular complexity index is 1520.